The fourth-order valence-electron chi connectivity index (χ4n) is 9.92. The quantitative estimate of drug-likeness (QED) is 0.168. The number of amides is 1. The minimum Gasteiger partial charge on any atom is -0.493 e. The van der Waals surface area contributed by atoms with Gasteiger partial charge in [-0.05, 0) is 121 Å². The average Bonchev–Trinajstić information content (AvgIpc) is 3.74. The third-order valence-corrected chi connectivity index (χ3v) is 13.0. The molecule has 1 N–H and O–H groups in total. The number of carbonyl (C=O) groups is 1. The lowest BCUT2D eigenvalue weighted by molar-refractivity contribution is -0.155. The van der Waals surface area contributed by atoms with Gasteiger partial charge in [-0.25, -0.2) is 0 Å². The fourth-order valence-corrected chi connectivity index (χ4v) is 9.92. The SMILES string of the molecule is CCC1CN2CCc3cc(OC)c(OC)cc3C2CC1CC1c2cc(OC)c(OC)cc2CCN1C(=O)C1=CC(c2ccc3c(c2)OCO3)CC(OCCCCO)O1. The van der Waals surface area contributed by atoms with Gasteiger partial charge in [-0.3, -0.25) is 9.69 Å². The standard InChI is InChI=1S/C46H58N2O10/c1-6-28-26-47-13-11-30-20-39(51-2)41(53-4)24-34(30)36(47)17-32(28)18-37-35-25-42(54-5)40(52-3)21-31(35)12-14-48(37)46(50)44-22-33(23-45(58-44)55-16-8-7-15-49)29-9-10-38-43(19-29)57-27-56-38/h9-10,19-22,24-25,28,32-33,36-37,45,49H,6-8,11-18,23,26-27H2,1-5H3. The molecule has 1 fully saturated rings. The van der Waals surface area contributed by atoms with Crippen molar-refractivity contribution < 1.29 is 47.8 Å². The molecule has 12 heteroatoms. The molecular weight excluding hydrogens is 741 g/mol. The van der Waals surface area contributed by atoms with Crippen molar-refractivity contribution in [1.82, 2.24) is 9.80 Å². The van der Waals surface area contributed by atoms with Gasteiger partial charge in [0.25, 0.3) is 5.91 Å². The van der Waals surface area contributed by atoms with Crippen LogP contribution in [0.3, 0.4) is 0 Å². The summed E-state index contributed by atoms with van der Waals surface area (Å²) >= 11 is 0. The maximum absolute atomic E-state index is 15.2. The van der Waals surface area contributed by atoms with Gasteiger partial charge in [-0.2, -0.15) is 0 Å². The van der Waals surface area contributed by atoms with Crippen molar-refractivity contribution in [3.63, 3.8) is 0 Å². The van der Waals surface area contributed by atoms with Crippen LogP contribution in [0.15, 0.2) is 54.3 Å². The number of hydrogen-bond donors (Lipinski definition) is 1. The van der Waals surface area contributed by atoms with Crippen LogP contribution < -0.4 is 28.4 Å². The predicted octanol–water partition coefficient (Wildman–Crippen LogP) is 7.11. The highest BCUT2D eigenvalue weighted by Gasteiger charge is 2.43. The lowest BCUT2D eigenvalue weighted by Gasteiger charge is -2.49. The summed E-state index contributed by atoms with van der Waals surface area (Å²) in [6.07, 6.45) is 7.65. The van der Waals surface area contributed by atoms with Crippen molar-refractivity contribution in [3.8, 4) is 34.5 Å². The molecule has 5 aliphatic heterocycles. The van der Waals surface area contributed by atoms with E-state index in [1.807, 2.05) is 29.2 Å². The number of aliphatic hydroxyl groups excluding tert-OH is 1. The third kappa shape index (κ3) is 7.90. The van der Waals surface area contributed by atoms with Crippen LogP contribution in [0.2, 0.25) is 0 Å². The molecule has 1 saturated heterocycles. The maximum atomic E-state index is 15.2. The third-order valence-electron chi connectivity index (χ3n) is 13.0. The second-order valence-corrected chi connectivity index (χ2v) is 16.1. The smallest absolute Gasteiger partial charge is 0.289 e. The van der Waals surface area contributed by atoms with Crippen LogP contribution in [-0.2, 0) is 27.1 Å². The van der Waals surface area contributed by atoms with Crippen molar-refractivity contribution in [3.05, 3.63) is 82.1 Å². The summed E-state index contributed by atoms with van der Waals surface area (Å²) in [5.41, 5.74) is 5.88. The molecule has 0 aromatic heterocycles. The highest BCUT2D eigenvalue weighted by Crippen LogP contribution is 2.50. The van der Waals surface area contributed by atoms with Crippen molar-refractivity contribution in [1.29, 1.82) is 0 Å². The number of fused-ring (bicyclic) bond motifs is 5. The molecule has 5 heterocycles. The van der Waals surface area contributed by atoms with E-state index in [0.29, 0.717) is 79.4 Å². The summed E-state index contributed by atoms with van der Waals surface area (Å²) in [6.45, 7) is 5.53. The molecule has 0 aliphatic carbocycles. The van der Waals surface area contributed by atoms with E-state index in [1.165, 1.54) is 16.7 Å². The van der Waals surface area contributed by atoms with E-state index in [2.05, 4.69) is 36.1 Å². The Hall–Kier alpha value is -4.65. The van der Waals surface area contributed by atoms with E-state index in [4.69, 9.17) is 37.9 Å². The van der Waals surface area contributed by atoms with Crippen LogP contribution in [0.25, 0.3) is 0 Å². The van der Waals surface area contributed by atoms with Crippen LogP contribution in [0, 0.1) is 11.8 Å². The molecule has 0 saturated carbocycles. The Bertz CT molecular complexity index is 1980. The summed E-state index contributed by atoms with van der Waals surface area (Å²) < 4.78 is 47.2. The van der Waals surface area contributed by atoms with E-state index in [1.54, 1.807) is 28.4 Å². The lowest BCUT2D eigenvalue weighted by Crippen LogP contribution is -2.48. The average molecular weight is 799 g/mol. The molecule has 6 atom stereocenters. The number of methoxy groups -OCH3 is 4. The van der Waals surface area contributed by atoms with Gasteiger partial charge >= 0.3 is 0 Å². The Morgan fingerprint density at radius 1 is 0.810 bits per heavy atom. The minimum absolute atomic E-state index is 0.0982. The van der Waals surface area contributed by atoms with Gasteiger partial charge < -0.3 is 47.9 Å². The summed E-state index contributed by atoms with van der Waals surface area (Å²) in [5.74, 6) is 5.04. The Balaban J connectivity index is 1.14. The van der Waals surface area contributed by atoms with Crippen LogP contribution in [0.5, 0.6) is 34.5 Å². The first-order chi connectivity index (χ1) is 28.4. The number of rotatable bonds is 14. The van der Waals surface area contributed by atoms with Gasteiger partial charge in [-0.15, -0.1) is 0 Å². The van der Waals surface area contributed by atoms with Gasteiger partial charge in [-0.1, -0.05) is 19.4 Å². The summed E-state index contributed by atoms with van der Waals surface area (Å²) in [5, 5.41) is 9.38. The predicted molar refractivity (Wildman–Crippen MR) is 217 cm³/mol. The number of carbonyl (C=O) groups excluding carboxylic acids is 1. The first kappa shape index (κ1) is 40.1. The van der Waals surface area contributed by atoms with E-state index in [-0.39, 0.29) is 37.3 Å². The molecule has 8 rings (SSSR count). The summed E-state index contributed by atoms with van der Waals surface area (Å²) in [7, 11) is 6.72. The van der Waals surface area contributed by atoms with Gasteiger partial charge in [0.15, 0.2) is 40.3 Å². The Labute approximate surface area is 341 Å². The molecule has 312 valence electrons. The van der Waals surface area contributed by atoms with E-state index >= 15 is 4.79 Å². The highest BCUT2D eigenvalue weighted by atomic mass is 16.7. The van der Waals surface area contributed by atoms with Crippen LogP contribution in [-0.4, -0.2) is 95.2 Å². The second kappa shape index (κ2) is 17.7. The number of benzene rings is 3. The Kier molecular flexibility index (Phi) is 12.2. The first-order valence-corrected chi connectivity index (χ1v) is 20.9. The normalized spacial score (nSPS) is 24.8. The van der Waals surface area contributed by atoms with Crippen molar-refractivity contribution >= 4 is 5.91 Å². The number of hydrogen-bond acceptors (Lipinski definition) is 11. The zero-order chi connectivity index (χ0) is 40.3. The van der Waals surface area contributed by atoms with Crippen LogP contribution >= 0.6 is 0 Å². The fraction of sp³-hybridized carbons (Fsp3) is 0.543. The molecule has 1 amide bonds. The summed E-state index contributed by atoms with van der Waals surface area (Å²) in [6, 6.07) is 14.5. The van der Waals surface area contributed by atoms with E-state index < -0.39 is 6.29 Å². The zero-order valence-electron chi connectivity index (χ0n) is 34.5. The molecular formula is C46H58N2O10. The number of nitrogens with zero attached hydrogens (tertiary/aromatic N) is 2. The number of aliphatic hydroxyl groups is 1. The molecule has 58 heavy (non-hydrogen) atoms. The minimum atomic E-state index is -0.631. The second-order valence-electron chi connectivity index (χ2n) is 16.1. The lowest BCUT2D eigenvalue weighted by atomic mass is 9.72. The molecule has 3 aromatic rings. The number of unbranched alkanes of at least 4 members (excludes halogenated alkanes) is 1. The monoisotopic (exact) mass is 798 g/mol. The molecule has 0 spiro atoms. The largest absolute Gasteiger partial charge is 0.493 e. The molecule has 5 aliphatic rings. The highest BCUT2D eigenvalue weighted by molar-refractivity contribution is 5.92. The number of piperidine rings is 1. The topological polar surface area (TPSA) is 118 Å². The van der Waals surface area contributed by atoms with Crippen molar-refractivity contribution in [2.45, 2.75) is 82.6 Å². The molecule has 12 nitrogen and oxygen atoms in total. The zero-order valence-corrected chi connectivity index (χ0v) is 34.5. The molecule has 6 unspecified atom stereocenters. The number of ether oxygens (including phenoxy) is 8. The van der Waals surface area contributed by atoms with Gasteiger partial charge in [0.1, 0.15) is 0 Å². The molecule has 3 aromatic carbocycles. The first-order valence-electron chi connectivity index (χ1n) is 20.9. The van der Waals surface area contributed by atoms with Gasteiger partial charge in [0.2, 0.25) is 13.1 Å². The Morgan fingerprint density at radius 3 is 2.22 bits per heavy atom. The van der Waals surface area contributed by atoms with Gasteiger partial charge in [0.05, 0.1) is 41.1 Å². The van der Waals surface area contributed by atoms with Crippen LogP contribution in [0.1, 0.15) is 91.3 Å². The van der Waals surface area contributed by atoms with E-state index in [0.717, 1.165) is 61.4 Å². The van der Waals surface area contributed by atoms with Crippen LogP contribution in [0.4, 0.5) is 0 Å². The van der Waals surface area contributed by atoms with Gasteiger partial charge in [0, 0.05) is 44.6 Å². The number of allylic oxidation sites excluding steroid dienone is 1. The van der Waals surface area contributed by atoms with Crippen molar-refractivity contribution in [2.75, 3.05) is 68.1 Å². The maximum Gasteiger partial charge on any atom is 0.289 e. The Morgan fingerprint density at radius 2 is 1.50 bits per heavy atom. The molecule has 0 bridgehead atoms. The van der Waals surface area contributed by atoms with E-state index in [9.17, 15) is 5.11 Å². The van der Waals surface area contributed by atoms with Crippen molar-refractivity contribution in [2.24, 2.45) is 11.8 Å². The molecule has 0 radical (unpaired) electrons. The summed E-state index contributed by atoms with van der Waals surface area (Å²) in [4.78, 5) is 19.9.